The molecule has 3 nitrogen and oxygen atoms in total. The molecule has 0 saturated heterocycles. The van der Waals surface area contributed by atoms with E-state index in [1.807, 2.05) is 0 Å². The number of aromatic hydroxyl groups is 1. The van der Waals surface area contributed by atoms with E-state index in [2.05, 4.69) is 4.74 Å². The van der Waals surface area contributed by atoms with Crippen LogP contribution >= 0.6 is 0 Å². The zero-order chi connectivity index (χ0) is 9.14. The molecule has 0 aliphatic heterocycles. The van der Waals surface area contributed by atoms with Crippen LogP contribution < -0.4 is 4.74 Å². The van der Waals surface area contributed by atoms with Crippen LogP contribution in [-0.2, 0) is 0 Å². The quantitative estimate of drug-likeness (QED) is 0.681. The van der Waals surface area contributed by atoms with E-state index in [1.165, 1.54) is 13.2 Å². The monoisotopic (exact) mass is 170 g/mol. The third kappa shape index (κ3) is 1.37. The fourth-order valence-electron chi connectivity index (χ4n) is 0.814. The third-order valence-corrected chi connectivity index (χ3v) is 1.43. The minimum atomic E-state index is -0.790. The highest BCUT2D eigenvalue weighted by atomic mass is 19.1. The second-order valence-corrected chi connectivity index (χ2v) is 2.16. The Morgan fingerprint density at radius 2 is 2.25 bits per heavy atom. The first-order chi connectivity index (χ1) is 5.69. The normalized spacial score (nSPS) is 9.50. The van der Waals surface area contributed by atoms with Crippen molar-refractivity contribution < 1.29 is 19.0 Å². The van der Waals surface area contributed by atoms with Gasteiger partial charge in [0.1, 0.15) is 17.3 Å². The van der Waals surface area contributed by atoms with Gasteiger partial charge in [0.15, 0.2) is 6.29 Å². The molecule has 0 aliphatic carbocycles. The SMILES string of the molecule is COc1cc(O)c(C=O)c(F)c1. The Balaban J connectivity index is 3.27. The summed E-state index contributed by atoms with van der Waals surface area (Å²) in [5.74, 6) is -1.03. The molecular weight excluding hydrogens is 163 g/mol. The Kier molecular flexibility index (Phi) is 2.28. The number of rotatable bonds is 2. The molecule has 0 heterocycles. The van der Waals surface area contributed by atoms with Crippen molar-refractivity contribution in [1.29, 1.82) is 0 Å². The number of phenols is 1. The van der Waals surface area contributed by atoms with Crippen LogP contribution in [0.1, 0.15) is 10.4 Å². The number of benzene rings is 1. The summed E-state index contributed by atoms with van der Waals surface area (Å²) in [6.07, 6.45) is 0.254. The van der Waals surface area contributed by atoms with E-state index in [0.29, 0.717) is 0 Å². The van der Waals surface area contributed by atoms with E-state index in [9.17, 15) is 9.18 Å². The molecule has 0 amide bonds. The van der Waals surface area contributed by atoms with Gasteiger partial charge in [-0.3, -0.25) is 4.79 Å². The Hall–Kier alpha value is -1.58. The number of carbonyl (C=O) groups excluding carboxylic acids is 1. The van der Waals surface area contributed by atoms with Gasteiger partial charge in [-0.05, 0) is 0 Å². The summed E-state index contributed by atoms with van der Waals surface area (Å²) in [7, 11) is 1.34. The number of hydrogen-bond acceptors (Lipinski definition) is 3. The largest absolute Gasteiger partial charge is 0.507 e. The molecule has 12 heavy (non-hydrogen) atoms. The van der Waals surface area contributed by atoms with Gasteiger partial charge in [0, 0.05) is 12.1 Å². The van der Waals surface area contributed by atoms with Crippen molar-refractivity contribution >= 4 is 6.29 Å². The first-order valence-electron chi connectivity index (χ1n) is 3.20. The van der Waals surface area contributed by atoms with Gasteiger partial charge in [-0.1, -0.05) is 0 Å². The molecule has 0 spiro atoms. The van der Waals surface area contributed by atoms with E-state index in [0.717, 1.165) is 6.07 Å². The molecule has 0 bridgehead atoms. The maximum absolute atomic E-state index is 12.8. The number of phenolic OH excluding ortho intramolecular Hbond substituents is 1. The smallest absolute Gasteiger partial charge is 0.156 e. The van der Waals surface area contributed by atoms with Gasteiger partial charge >= 0.3 is 0 Å². The highest BCUT2D eigenvalue weighted by Crippen LogP contribution is 2.24. The molecule has 1 N–H and O–H groups in total. The first kappa shape index (κ1) is 8.52. The predicted octanol–water partition coefficient (Wildman–Crippen LogP) is 1.35. The van der Waals surface area contributed by atoms with E-state index >= 15 is 0 Å². The van der Waals surface area contributed by atoms with Gasteiger partial charge in [0.05, 0.1) is 12.7 Å². The summed E-state index contributed by atoms with van der Waals surface area (Å²) in [4.78, 5) is 10.2. The zero-order valence-corrected chi connectivity index (χ0v) is 6.37. The van der Waals surface area contributed by atoms with Crippen molar-refractivity contribution in [3.05, 3.63) is 23.5 Å². The molecule has 0 radical (unpaired) electrons. The second-order valence-electron chi connectivity index (χ2n) is 2.16. The Bertz CT molecular complexity index is 286. The molecule has 1 rings (SSSR count). The molecule has 0 atom stereocenters. The summed E-state index contributed by atoms with van der Waals surface area (Å²) in [5, 5.41) is 9.05. The summed E-state index contributed by atoms with van der Waals surface area (Å²) in [6, 6.07) is 2.20. The lowest BCUT2D eigenvalue weighted by molar-refractivity contribution is 0.111. The maximum atomic E-state index is 12.8. The fourth-order valence-corrected chi connectivity index (χ4v) is 0.814. The average molecular weight is 170 g/mol. The Morgan fingerprint density at radius 1 is 1.58 bits per heavy atom. The van der Waals surface area contributed by atoms with Crippen LogP contribution in [0.2, 0.25) is 0 Å². The van der Waals surface area contributed by atoms with Crippen molar-refractivity contribution in [3.63, 3.8) is 0 Å². The minimum absolute atomic E-state index is 0.176. The van der Waals surface area contributed by atoms with Crippen molar-refractivity contribution in [2.75, 3.05) is 7.11 Å². The lowest BCUT2D eigenvalue weighted by atomic mass is 10.2. The number of ether oxygens (including phenoxy) is 1. The third-order valence-electron chi connectivity index (χ3n) is 1.43. The van der Waals surface area contributed by atoms with Gasteiger partial charge in [-0.2, -0.15) is 0 Å². The van der Waals surface area contributed by atoms with Crippen LogP contribution in [-0.4, -0.2) is 18.5 Å². The van der Waals surface area contributed by atoms with Gasteiger partial charge in [0.25, 0.3) is 0 Å². The molecule has 0 saturated carbocycles. The minimum Gasteiger partial charge on any atom is -0.507 e. The van der Waals surface area contributed by atoms with Crippen molar-refractivity contribution in [2.45, 2.75) is 0 Å². The standard InChI is InChI=1S/C8H7FO3/c1-12-5-2-7(9)6(4-10)8(11)3-5/h2-4,11H,1H3. The van der Waals surface area contributed by atoms with Crippen LogP contribution in [0.3, 0.4) is 0 Å². The van der Waals surface area contributed by atoms with E-state index < -0.39 is 11.6 Å². The molecule has 1 aromatic carbocycles. The molecular formula is C8H7FO3. The second kappa shape index (κ2) is 3.21. The average Bonchev–Trinajstić information content (AvgIpc) is 2.03. The first-order valence-corrected chi connectivity index (χ1v) is 3.20. The molecule has 1 aromatic rings. The molecule has 0 aliphatic rings. The summed E-state index contributed by atoms with van der Waals surface area (Å²) < 4.78 is 17.5. The summed E-state index contributed by atoms with van der Waals surface area (Å²) >= 11 is 0. The van der Waals surface area contributed by atoms with Gasteiger partial charge in [0.2, 0.25) is 0 Å². The van der Waals surface area contributed by atoms with Crippen LogP contribution in [0.5, 0.6) is 11.5 Å². The predicted molar refractivity (Wildman–Crippen MR) is 40.0 cm³/mol. The molecule has 0 unspecified atom stereocenters. The number of halogens is 1. The highest BCUT2D eigenvalue weighted by Gasteiger charge is 2.08. The highest BCUT2D eigenvalue weighted by molar-refractivity contribution is 5.79. The summed E-state index contributed by atoms with van der Waals surface area (Å²) in [6.45, 7) is 0. The van der Waals surface area contributed by atoms with Gasteiger partial charge in [-0.15, -0.1) is 0 Å². The van der Waals surface area contributed by atoms with Crippen LogP contribution in [0.15, 0.2) is 12.1 Å². The Morgan fingerprint density at radius 3 is 2.67 bits per heavy atom. The number of hydrogen-bond donors (Lipinski definition) is 1. The summed E-state index contributed by atoms with van der Waals surface area (Å²) in [5.41, 5.74) is -0.351. The number of methoxy groups -OCH3 is 1. The molecule has 64 valence electrons. The van der Waals surface area contributed by atoms with Crippen LogP contribution in [0.4, 0.5) is 4.39 Å². The van der Waals surface area contributed by atoms with E-state index in [-0.39, 0.29) is 17.6 Å². The topological polar surface area (TPSA) is 46.5 Å². The van der Waals surface area contributed by atoms with E-state index in [1.54, 1.807) is 0 Å². The zero-order valence-electron chi connectivity index (χ0n) is 6.37. The van der Waals surface area contributed by atoms with Crippen molar-refractivity contribution in [3.8, 4) is 11.5 Å². The number of aldehydes is 1. The molecule has 4 heteroatoms. The van der Waals surface area contributed by atoms with Gasteiger partial charge < -0.3 is 9.84 Å². The van der Waals surface area contributed by atoms with Crippen LogP contribution in [0.25, 0.3) is 0 Å². The van der Waals surface area contributed by atoms with Crippen molar-refractivity contribution in [1.82, 2.24) is 0 Å². The van der Waals surface area contributed by atoms with Crippen molar-refractivity contribution in [2.24, 2.45) is 0 Å². The fraction of sp³-hybridized carbons (Fsp3) is 0.125. The molecule has 0 aromatic heterocycles. The van der Waals surface area contributed by atoms with Crippen LogP contribution in [0, 0.1) is 5.82 Å². The number of carbonyl (C=O) groups is 1. The Labute approximate surface area is 68.4 Å². The van der Waals surface area contributed by atoms with Gasteiger partial charge in [-0.25, -0.2) is 4.39 Å². The van der Waals surface area contributed by atoms with E-state index in [4.69, 9.17) is 5.11 Å². The maximum Gasteiger partial charge on any atom is 0.156 e. The lowest BCUT2D eigenvalue weighted by Gasteiger charge is -2.02. The molecule has 0 fully saturated rings. The lowest BCUT2D eigenvalue weighted by Crippen LogP contribution is -1.91.